The fraction of sp³-hybridized carbons (Fsp3) is 0.381. The number of carboxylic acids is 1. The standard InChI is InChI=1S/C21H24O4/c1-15-4-2-5-18(12-15)24-10-3-11-25-19-8-9-20-16(13-19)6-7-17(20)14-21(22)23/h2,4-5,8-9,12-13,17H,3,6-7,10-11,14H2,1H3,(H,22,23)/t17-/m0/s1. The van der Waals surface area contributed by atoms with E-state index >= 15 is 0 Å². The minimum absolute atomic E-state index is 0.143. The number of ether oxygens (including phenoxy) is 2. The van der Waals surface area contributed by atoms with E-state index in [4.69, 9.17) is 14.6 Å². The molecule has 1 atom stereocenters. The summed E-state index contributed by atoms with van der Waals surface area (Å²) in [6.07, 6.45) is 2.87. The number of fused-ring (bicyclic) bond motifs is 1. The van der Waals surface area contributed by atoms with Crippen LogP contribution in [-0.2, 0) is 11.2 Å². The van der Waals surface area contributed by atoms with Crippen LogP contribution in [-0.4, -0.2) is 24.3 Å². The Balaban J connectivity index is 1.44. The molecule has 0 unspecified atom stereocenters. The summed E-state index contributed by atoms with van der Waals surface area (Å²) in [5.41, 5.74) is 3.57. The van der Waals surface area contributed by atoms with Gasteiger partial charge in [0, 0.05) is 6.42 Å². The number of hydrogen-bond acceptors (Lipinski definition) is 3. The van der Waals surface area contributed by atoms with Gasteiger partial charge in [-0.05, 0) is 66.6 Å². The monoisotopic (exact) mass is 340 g/mol. The van der Waals surface area contributed by atoms with E-state index in [0.717, 1.165) is 36.3 Å². The Bertz CT molecular complexity index is 738. The van der Waals surface area contributed by atoms with Crippen LogP contribution in [0.1, 0.15) is 41.9 Å². The lowest BCUT2D eigenvalue weighted by Crippen LogP contribution is -2.05. The second kappa shape index (κ2) is 8.06. The highest BCUT2D eigenvalue weighted by Crippen LogP contribution is 2.37. The van der Waals surface area contributed by atoms with Crippen molar-refractivity contribution in [1.29, 1.82) is 0 Å². The SMILES string of the molecule is Cc1cccc(OCCCOc2ccc3c(c2)CC[C@H]3CC(=O)O)c1. The molecule has 0 fully saturated rings. The van der Waals surface area contributed by atoms with Crippen molar-refractivity contribution in [3.63, 3.8) is 0 Å². The minimum atomic E-state index is -0.730. The number of aliphatic carboxylic acids is 1. The molecule has 0 saturated heterocycles. The molecule has 0 aromatic heterocycles. The second-order valence-corrected chi connectivity index (χ2v) is 6.56. The summed E-state index contributed by atoms with van der Waals surface area (Å²) < 4.78 is 11.5. The van der Waals surface area contributed by atoms with Crippen LogP contribution in [0.3, 0.4) is 0 Å². The average molecular weight is 340 g/mol. The van der Waals surface area contributed by atoms with Gasteiger partial charge in [0.25, 0.3) is 0 Å². The van der Waals surface area contributed by atoms with Gasteiger partial charge >= 0.3 is 5.97 Å². The third-order valence-electron chi connectivity index (χ3n) is 4.55. The number of hydrogen-bond donors (Lipinski definition) is 1. The first-order valence-corrected chi connectivity index (χ1v) is 8.79. The van der Waals surface area contributed by atoms with E-state index in [9.17, 15) is 4.79 Å². The van der Waals surface area contributed by atoms with E-state index in [2.05, 4.69) is 6.07 Å². The Morgan fingerprint density at radius 1 is 1.12 bits per heavy atom. The maximum atomic E-state index is 10.9. The van der Waals surface area contributed by atoms with Gasteiger partial charge in [-0.25, -0.2) is 0 Å². The number of aryl methyl sites for hydroxylation is 2. The predicted octanol–water partition coefficient (Wildman–Crippen LogP) is 4.35. The first-order valence-electron chi connectivity index (χ1n) is 8.79. The van der Waals surface area contributed by atoms with E-state index < -0.39 is 5.97 Å². The summed E-state index contributed by atoms with van der Waals surface area (Å²) in [4.78, 5) is 10.9. The first-order chi connectivity index (χ1) is 12.1. The molecule has 1 N–H and O–H groups in total. The molecule has 0 heterocycles. The van der Waals surface area contributed by atoms with Crippen molar-refractivity contribution < 1.29 is 19.4 Å². The lowest BCUT2D eigenvalue weighted by molar-refractivity contribution is -0.137. The van der Waals surface area contributed by atoms with Gasteiger partial charge in [-0.3, -0.25) is 4.79 Å². The third kappa shape index (κ3) is 4.75. The summed E-state index contributed by atoms with van der Waals surface area (Å²) >= 11 is 0. The minimum Gasteiger partial charge on any atom is -0.493 e. The van der Waals surface area contributed by atoms with Crippen LogP contribution in [0.5, 0.6) is 11.5 Å². The van der Waals surface area contributed by atoms with Crippen LogP contribution in [0.4, 0.5) is 0 Å². The van der Waals surface area contributed by atoms with Crippen LogP contribution in [0.2, 0.25) is 0 Å². The molecule has 4 heteroatoms. The van der Waals surface area contributed by atoms with Gasteiger partial charge in [0.2, 0.25) is 0 Å². The normalized spacial score (nSPS) is 15.6. The highest BCUT2D eigenvalue weighted by molar-refractivity contribution is 5.68. The van der Waals surface area contributed by atoms with Crippen LogP contribution in [0, 0.1) is 6.92 Å². The van der Waals surface area contributed by atoms with E-state index in [1.54, 1.807) is 0 Å². The van der Waals surface area contributed by atoms with Crippen molar-refractivity contribution in [2.75, 3.05) is 13.2 Å². The van der Waals surface area contributed by atoms with Crippen LogP contribution in [0.25, 0.3) is 0 Å². The van der Waals surface area contributed by atoms with Gasteiger partial charge < -0.3 is 14.6 Å². The number of carbonyl (C=O) groups is 1. The lowest BCUT2D eigenvalue weighted by Gasteiger charge is -2.11. The summed E-state index contributed by atoms with van der Waals surface area (Å²) in [6, 6.07) is 14.0. The van der Waals surface area contributed by atoms with E-state index in [-0.39, 0.29) is 12.3 Å². The topological polar surface area (TPSA) is 55.8 Å². The molecule has 1 aliphatic carbocycles. The zero-order valence-corrected chi connectivity index (χ0v) is 14.5. The number of carboxylic acid groups (broad SMARTS) is 1. The third-order valence-corrected chi connectivity index (χ3v) is 4.55. The van der Waals surface area contributed by atoms with Gasteiger partial charge in [-0.15, -0.1) is 0 Å². The maximum Gasteiger partial charge on any atom is 0.303 e. The molecule has 0 bridgehead atoms. The maximum absolute atomic E-state index is 10.9. The van der Waals surface area contributed by atoms with Crippen molar-refractivity contribution in [3.8, 4) is 11.5 Å². The molecule has 132 valence electrons. The molecule has 25 heavy (non-hydrogen) atoms. The Hall–Kier alpha value is -2.49. The molecule has 4 nitrogen and oxygen atoms in total. The number of rotatable bonds is 8. The predicted molar refractivity (Wildman–Crippen MR) is 96.5 cm³/mol. The smallest absolute Gasteiger partial charge is 0.303 e. The van der Waals surface area contributed by atoms with E-state index in [0.29, 0.717) is 13.2 Å². The average Bonchev–Trinajstić information content (AvgIpc) is 2.96. The molecular weight excluding hydrogens is 316 g/mol. The van der Waals surface area contributed by atoms with Gasteiger partial charge in [-0.1, -0.05) is 18.2 Å². The second-order valence-electron chi connectivity index (χ2n) is 6.56. The Morgan fingerprint density at radius 3 is 2.60 bits per heavy atom. The molecule has 0 spiro atoms. The quantitative estimate of drug-likeness (QED) is 0.726. The molecule has 0 aliphatic heterocycles. The van der Waals surface area contributed by atoms with Gasteiger partial charge in [0.15, 0.2) is 0 Å². The molecule has 0 saturated carbocycles. The largest absolute Gasteiger partial charge is 0.493 e. The molecule has 2 aromatic rings. The lowest BCUT2D eigenvalue weighted by atomic mass is 9.98. The van der Waals surface area contributed by atoms with Crippen molar-refractivity contribution in [1.82, 2.24) is 0 Å². The Morgan fingerprint density at radius 2 is 1.88 bits per heavy atom. The molecular formula is C21H24O4. The zero-order chi connectivity index (χ0) is 17.6. The van der Waals surface area contributed by atoms with Crippen LogP contribution < -0.4 is 9.47 Å². The van der Waals surface area contributed by atoms with Gasteiger partial charge in [0.05, 0.1) is 19.6 Å². The highest BCUT2D eigenvalue weighted by atomic mass is 16.5. The highest BCUT2D eigenvalue weighted by Gasteiger charge is 2.24. The molecule has 2 aromatic carbocycles. The van der Waals surface area contributed by atoms with Crippen molar-refractivity contribution in [2.45, 2.75) is 38.5 Å². The van der Waals surface area contributed by atoms with Crippen molar-refractivity contribution >= 4 is 5.97 Å². The van der Waals surface area contributed by atoms with Crippen LogP contribution in [0.15, 0.2) is 42.5 Å². The molecule has 1 aliphatic rings. The zero-order valence-electron chi connectivity index (χ0n) is 14.5. The first kappa shape index (κ1) is 17.3. The summed E-state index contributed by atoms with van der Waals surface area (Å²) in [6.45, 7) is 3.27. The summed E-state index contributed by atoms with van der Waals surface area (Å²) in [5.74, 6) is 1.16. The van der Waals surface area contributed by atoms with Gasteiger partial charge in [0.1, 0.15) is 11.5 Å². The summed E-state index contributed by atoms with van der Waals surface area (Å²) in [5, 5.41) is 8.98. The number of benzene rings is 2. The van der Waals surface area contributed by atoms with Crippen LogP contribution >= 0.6 is 0 Å². The van der Waals surface area contributed by atoms with Crippen molar-refractivity contribution in [3.05, 3.63) is 59.2 Å². The fourth-order valence-corrected chi connectivity index (χ4v) is 3.34. The van der Waals surface area contributed by atoms with E-state index in [1.165, 1.54) is 11.1 Å². The fourth-order valence-electron chi connectivity index (χ4n) is 3.34. The van der Waals surface area contributed by atoms with Gasteiger partial charge in [-0.2, -0.15) is 0 Å². The summed E-state index contributed by atoms with van der Waals surface area (Å²) in [7, 11) is 0. The molecule has 3 rings (SSSR count). The van der Waals surface area contributed by atoms with E-state index in [1.807, 2.05) is 43.3 Å². The molecule has 0 radical (unpaired) electrons. The van der Waals surface area contributed by atoms with Crippen molar-refractivity contribution in [2.24, 2.45) is 0 Å². The Labute approximate surface area is 148 Å². The molecule has 0 amide bonds. The Kier molecular flexibility index (Phi) is 5.59.